The number of rotatable bonds is 8. The molecule has 0 N–H and O–H groups in total. The molecule has 0 aliphatic carbocycles. The topological polar surface area (TPSA) is 44.8 Å². The molecule has 1 aliphatic rings. The van der Waals surface area contributed by atoms with Crippen molar-refractivity contribution in [3.63, 3.8) is 0 Å². The van der Waals surface area contributed by atoms with Crippen LogP contribution in [0.25, 0.3) is 0 Å². The number of hydrogen-bond donors (Lipinski definition) is 0. The number of carbonyl (C=O) groups excluding carboxylic acids is 1. The van der Waals surface area contributed by atoms with Crippen LogP contribution in [0, 0.1) is 0 Å². The van der Waals surface area contributed by atoms with Gasteiger partial charge in [0.05, 0.1) is 6.61 Å². The maximum Gasteiger partial charge on any atom is 0.389 e. The molecule has 0 bridgehead atoms. The second kappa shape index (κ2) is 10.0. The highest BCUT2D eigenvalue weighted by Gasteiger charge is 2.28. The van der Waals surface area contributed by atoms with E-state index in [0.717, 1.165) is 24.0 Å². The SMILES string of the molecule is CCCCCCCCOC(=O)C1Oc2ccccc2Cc2ccccc2O1. The average molecular weight is 368 g/mol. The maximum absolute atomic E-state index is 12.5. The van der Waals surface area contributed by atoms with Crippen LogP contribution in [0.3, 0.4) is 0 Å². The first-order valence-corrected chi connectivity index (χ1v) is 9.93. The fourth-order valence-corrected chi connectivity index (χ4v) is 3.21. The molecule has 0 unspecified atom stereocenters. The molecule has 0 aromatic heterocycles. The molecule has 0 spiro atoms. The third-order valence-electron chi connectivity index (χ3n) is 4.73. The van der Waals surface area contributed by atoms with Gasteiger partial charge in [0.2, 0.25) is 0 Å². The minimum absolute atomic E-state index is 0.400. The molecule has 0 fully saturated rings. The van der Waals surface area contributed by atoms with Crippen LogP contribution in [0.5, 0.6) is 11.5 Å². The van der Waals surface area contributed by atoms with Crippen LogP contribution in [0.1, 0.15) is 56.6 Å². The van der Waals surface area contributed by atoms with Gasteiger partial charge in [-0.25, -0.2) is 4.79 Å². The molecular weight excluding hydrogens is 340 g/mol. The summed E-state index contributed by atoms with van der Waals surface area (Å²) < 4.78 is 17.2. The van der Waals surface area contributed by atoms with Crippen LogP contribution in [0.15, 0.2) is 48.5 Å². The lowest BCUT2D eigenvalue weighted by molar-refractivity contribution is -0.166. The minimum atomic E-state index is -1.09. The molecule has 4 heteroatoms. The quantitative estimate of drug-likeness (QED) is 0.470. The highest BCUT2D eigenvalue weighted by atomic mass is 16.7. The molecule has 1 aliphatic heterocycles. The van der Waals surface area contributed by atoms with Crippen molar-refractivity contribution in [2.75, 3.05) is 6.61 Å². The van der Waals surface area contributed by atoms with Crippen molar-refractivity contribution in [1.29, 1.82) is 0 Å². The molecule has 3 rings (SSSR count). The van der Waals surface area contributed by atoms with Gasteiger partial charge in [-0.1, -0.05) is 75.4 Å². The van der Waals surface area contributed by atoms with Gasteiger partial charge in [0.1, 0.15) is 11.5 Å². The minimum Gasteiger partial charge on any atom is -0.460 e. The first-order chi connectivity index (χ1) is 13.3. The summed E-state index contributed by atoms with van der Waals surface area (Å²) in [6, 6.07) is 15.5. The summed E-state index contributed by atoms with van der Waals surface area (Å²) in [6.45, 7) is 2.60. The van der Waals surface area contributed by atoms with Crippen LogP contribution >= 0.6 is 0 Å². The molecule has 0 atom stereocenters. The summed E-state index contributed by atoms with van der Waals surface area (Å²) in [5, 5.41) is 0. The second-order valence-corrected chi connectivity index (χ2v) is 6.90. The number of hydrogen-bond acceptors (Lipinski definition) is 4. The average Bonchev–Trinajstić information content (AvgIpc) is 2.67. The van der Waals surface area contributed by atoms with Crippen molar-refractivity contribution in [2.45, 2.75) is 58.2 Å². The van der Waals surface area contributed by atoms with Crippen LogP contribution < -0.4 is 9.47 Å². The number of esters is 1. The monoisotopic (exact) mass is 368 g/mol. The fraction of sp³-hybridized carbons (Fsp3) is 0.435. The Kier molecular flexibility index (Phi) is 7.14. The summed E-state index contributed by atoms with van der Waals surface area (Å²) in [6.07, 6.45) is 6.48. The normalized spacial score (nSPS) is 13.4. The van der Waals surface area contributed by atoms with Crippen molar-refractivity contribution in [1.82, 2.24) is 0 Å². The molecule has 0 saturated heterocycles. The molecule has 1 heterocycles. The summed E-state index contributed by atoms with van der Waals surface area (Å²) in [5.41, 5.74) is 2.06. The molecule has 4 nitrogen and oxygen atoms in total. The highest BCUT2D eigenvalue weighted by molar-refractivity contribution is 5.74. The van der Waals surface area contributed by atoms with E-state index in [1.807, 2.05) is 48.5 Å². The van der Waals surface area contributed by atoms with Gasteiger partial charge in [-0.05, 0) is 29.7 Å². The van der Waals surface area contributed by atoms with E-state index in [0.29, 0.717) is 24.5 Å². The Morgan fingerprint density at radius 3 is 2.07 bits per heavy atom. The lowest BCUT2D eigenvalue weighted by atomic mass is 10.0. The molecule has 144 valence electrons. The molecular formula is C23H28O4. The summed E-state index contributed by atoms with van der Waals surface area (Å²) in [7, 11) is 0. The van der Waals surface area contributed by atoms with Gasteiger partial charge in [-0.3, -0.25) is 0 Å². The maximum atomic E-state index is 12.5. The zero-order chi connectivity index (χ0) is 18.9. The smallest absolute Gasteiger partial charge is 0.389 e. The Balaban J connectivity index is 1.62. The summed E-state index contributed by atoms with van der Waals surface area (Å²) in [5.74, 6) is 0.845. The van der Waals surface area contributed by atoms with Gasteiger partial charge in [0, 0.05) is 6.42 Å². The predicted octanol–water partition coefficient (Wildman–Crippen LogP) is 5.28. The van der Waals surface area contributed by atoms with E-state index >= 15 is 0 Å². The van der Waals surface area contributed by atoms with Gasteiger partial charge in [-0.2, -0.15) is 0 Å². The van der Waals surface area contributed by atoms with Gasteiger partial charge in [-0.15, -0.1) is 0 Å². The van der Waals surface area contributed by atoms with Gasteiger partial charge in [0.15, 0.2) is 0 Å². The number of para-hydroxylation sites is 2. The van der Waals surface area contributed by atoms with Crippen molar-refractivity contribution >= 4 is 5.97 Å². The molecule has 0 amide bonds. The van der Waals surface area contributed by atoms with Gasteiger partial charge < -0.3 is 14.2 Å². The zero-order valence-electron chi connectivity index (χ0n) is 16.0. The third kappa shape index (κ3) is 5.49. The van der Waals surface area contributed by atoms with E-state index in [1.54, 1.807) is 0 Å². The number of carbonyl (C=O) groups is 1. The van der Waals surface area contributed by atoms with E-state index < -0.39 is 12.3 Å². The lowest BCUT2D eigenvalue weighted by Gasteiger charge is -2.24. The van der Waals surface area contributed by atoms with E-state index in [4.69, 9.17) is 14.2 Å². The van der Waals surface area contributed by atoms with Crippen molar-refractivity contribution in [2.24, 2.45) is 0 Å². The third-order valence-corrected chi connectivity index (χ3v) is 4.73. The summed E-state index contributed by atoms with van der Waals surface area (Å²) in [4.78, 5) is 12.5. The Bertz CT molecular complexity index is 693. The van der Waals surface area contributed by atoms with Crippen molar-refractivity contribution in [3.05, 3.63) is 59.7 Å². The summed E-state index contributed by atoms with van der Waals surface area (Å²) >= 11 is 0. The highest BCUT2D eigenvalue weighted by Crippen LogP contribution is 2.31. The molecule has 2 aromatic rings. The standard InChI is InChI=1S/C23H28O4/c1-2-3-4-5-6-11-16-25-22(24)23-26-20-14-9-7-12-18(20)17-19-13-8-10-15-21(19)27-23/h7-10,12-15,23H,2-6,11,16-17H2,1H3. The Labute approximate surface area is 161 Å². The van der Waals surface area contributed by atoms with Gasteiger partial charge in [0.25, 0.3) is 0 Å². The number of fused-ring (bicyclic) bond motifs is 2. The number of benzene rings is 2. The molecule has 0 saturated carbocycles. The molecule has 0 radical (unpaired) electrons. The first kappa shape index (κ1) is 19.3. The van der Waals surface area contributed by atoms with Crippen LogP contribution in [-0.4, -0.2) is 18.9 Å². The van der Waals surface area contributed by atoms with E-state index in [1.165, 1.54) is 25.7 Å². The number of unbranched alkanes of at least 4 members (excludes halogenated alkanes) is 5. The van der Waals surface area contributed by atoms with Gasteiger partial charge >= 0.3 is 12.3 Å². The predicted molar refractivity (Wildman–Crippen MR) is 105 cm³/mol. The second-order valence-electron chi connectivity index (χ2n) is 6.90. The molecule has 27 heavy (non-hydrogen) atoms. The Morgan fingerprint density at radius 1 is 0.889 bits per heavy atom. The largest absolute Gasteiger partial charge is 0.460 e. The van der Waals surface area contributed by atoms with Crippen LogP contribution in [0.2, 0.25) is 0 Å². The van der Waals surface area contributed by atoms with E-state index in [2.05, 4.69) is 6.92 Å². The van der Waals surface area contributed by atoms with E-state index in [9.17, 15) is 4.79 Å². The number of ether oxygens (including phenoxy) is 3. The zero-order valence-corrected chi connectivity index (χ0v) is 16.0. The van der Waals surface area contributed by atoms with Crippen LogP contribution in [-0.2, 0) is 16.0 Å². The molecule has 2 aromatic carbocycles. The Hall–Kier alpha value is -2.49. The first-order valence-electron chi connectivity index (χ1n) is 9.93. The van der Waals surface area contributed by atoms with Crippen molar-refractivity contribution < 1.29 is 19.0 Å². The van der Waals surface area contributed by atoms with Crippen LogP contribution in [0.4, 0.5) is 0 Å². The van der Waals surface area contributed by atoms with E-state index in [-0.39, 0.29) is 0 Å². The Morgan fingerprint density at radius 2 is 1.44 bits per heavy atom. The van der Waals surface area contributed by atoms with Crippen molar-refractivity contribution in [3.8, 4) is 11.5 Å². The lowest BCUT2D eigenvalue weighted by Crippen LogP contribution is -2.36. The fourth-order valence-electron chi connectivity index (χ4n) is 3.21.